The van der Waals surface area contributed by atoms with E-state index < -0.39 is 0 Å². The van der Waals surface area contributed by atoms with Crippen LogP contribution in [0.25, 0.3) is 0 Å². The molecule has 2 heteroatoms. The largest absolute Gasteiger partial charge is 0.380 e. The van der Waals surface area contributed by atoms with Crippen LogP contribution in [0, 0.1) is 11.8 Å². The lowest BCUT2D eigenvalue weighted by Gasteiger charge is -2.25. The molecule has 0 aromatic heterocycles. The maximum Gasteiger partial charge on any atom is 0.0622 e. The van der Waals surface area contributed by atoms with E-state index in [0.29, 0.717) is 12.0 Å². The van der Waals surface area contributed by atoms with E-state index >= 15 is 0 Å². The van der Waals surface area contributed by atoms with Crippen LogP contribution in [-0.2, 0) is 4.74 Å². The third-order valence-corrected chi connectivity index (χ3v) is 4.08. The fraction of sp³-hybridized carbons (Fsp3) is 1.00. The van der Waals surface area contributed by atoms with Gasteiger partial charge in [0, 0.05) is 12.6 Å². The number of rotatable bonds is 7. The van der Waals surface area contributed by atoms with Crippen molar-refractivity contribution in [2.24, 2.45) is 11.8 Å². The molecule has 1 aliphatic carbocycles. The van der Waals surface area contributed by atoms with Gasteiger partial charge in [-0.3, -0.25) is 0 Å². The maximum absolute atomic E-state index is 5.89. The fourth-order valence-electron chi connectivity index (χ4n) is 2.53. The first kappa shape index (κ1) is 14.0. The van der Waals surface area contributed by atoms with Gasteiger partial charge in [-0.15, -0.1) is 0 Å². The van der Waals surface area contributed by atoms with E-state index in [4.69, 9.17) is 4.74 Å². The summed E-state index contributed by atoms with van der Waals surface area (Å²) in [7, 11) is 2.04. The Hall–Kier alpha value is -0.0800. The Kier molecular flexibility index (Phi) is 7.06. The van der Waals surface area contributed by atoms with Gasteiger partial charge in [0.2, 0.25) is 0 Å². The molecule has 0 aromatic rings. The molecule has 2 nitrogen and oxygen atoms in total. The van der Waals surface area contributed by atoms with Crippen molar-refractivity contribution in [2.45, 2.75) is 58.4 Å². The Morgan fingerprint density at radius 1 is 1.25 bits per heavy atom. The zero-order chi connectivity index (χ0) is 11.8. The van der Waals surface area contributed by atoms with Crippen molar-refractivity contribution >= 4 is 0 Å². The lowest BCUT2D eigenvalue weighted by Crippen LogP contribution is -2.36. The minimum atomic E-state index is 0.522. The van der Waals surface area contributed by atoms with Crippen molar-refractivity contribution < 1.29 is 4.74 Å². The van der Waals surface area contributed by atoms with E-state index in [2.05, 4.69) is 19.2 Å². The molecule has 1 fully saturated rings. The monoisotopic (exact) mass is 227 g/mol. The van der Waals surface area contributed by atoms with Crippen LogP contribution in [-0.4, -0.2) is 26.3 Å². The van der Waals surface area contributed by atoms with Gasteiger partial charge in [-0.25, -0.2) is 0 Å². The van der Waals surface area contributed by atoms with Crippen molar-refractivity contribution in [3.8, 4) is 0 Å². The van der Waals surface area contributed by atoms with E-state index in [0.717, 1.165) is 19.1 Å². The van der Waals surface area contributed by atoms with Crippen LogP contribution in [0.5, 0.6) is 0 Å². The summed E-state index contributed by atoms with van der Waals surface area (Å²) in [6.45, 7) is 6.40. The molecule has 0 bridgehead atoms. The van der Waals surface area contributed by atoms with Crippen LogP contribution in [0.1, 0.15) is 52.4 Å². The number of hydrogen-bond donors (Lipinski definition) is 1. The SMILES string of the molecule is CCC(C)C(COCC1CCCCC1)NC. The third-order valence-electron chi connectivity index (χ3n) is 4.08. The second-order valence-corrected chi connectivity index (χ2v) is 5.32. The Labute approximate surface area is 101 Å². The summed E-state index contributed by atoms with van der Waals surface area (Å²) in [6, 6.07) is 0.522. The van der Waals surface area contributed by atoms with Gasteiger partial charge in [0.05, 0.1) is 6.61 Å². The molecule has 1 saturated carbocycles. The second-order valence-electron chi connectivity index (χ2n) is 5.32. The molecular formula is C14H29NO. The van der Waals surface area contributed by atoms with E-state index in [-0.39, 0.29) is 0 Å². The molecule has 0 spiro atoms. The summed E-state index contributed by atoms with van der Waals surface area (Å²) in [6.07, 6.45) is 8.24. The highest BCUT2D eigenvalue weighted by atomic mass is 16.5. The Morgan fingerprint density at radius 2 is 1.94 bits per heavy atom. The van der Waals surface area contributed by atoms with Crippen LogP contribution in [0.3, 0.4) is 0 Å². The van der Waals surface area contributed by atoms with Crippen LogP contribution in [0.2, 0.25) is 0 Å². The summed E-state index contributed by atoms with van der Waals surface area (Å²) in [5, 5.41) is 3.37. The molecule has 0 aromatic carbocycles. The molecule has 0 aliphatic heterocycles. The zero-order valence-electron chi connectivity index (χ0n) is 11.3. The predicted molar refractivity (Wildman–Crippen MR) is 69.7 cm³/mol. The third kappa shape index (κ3) is 4.84. The van der Waals surface area contributed by atoms with Gasteiger partial charge >= 0.3 is 0 Å². The molecule has 2 unspecified atom stereocenters. The number of likely N-dealkylation sites (N-methyl/N-ethyl adjacent to an activating group) is 1. The molecule has 0 saturated heterocycles. The van der Waals surface area contributed by atoms with Gasteiger partial charge < -0.3 is 10.1 Å². The van der Waals surface area contributed by atoms with Gasteiger partial charge in [0.1, 0.15) is 0 Å². The summed E-state index contributed by atoms with van der Waals surface area (Å²) in [5.74, 6) is 1.54. The van der Waals surface area contributed by atoms with Crippen molar-refractivity contribution in [2.75, 3.05) is 20.3 Å². The highest BCUT2D eigenvalue weighted by Gasteiger charge is 2.16. The average molecular weight is 227 g/mol. The molecule has 0 radical (unpaired) electrons. The first-order valence-corrected chi connectivity index (χ1v) is 7.03. The predicted octanol–water partition coefficient (Wildman–Crippen LogP) is 3.22. The average Bonchev–Trinajstić information content (AvgIpc) is 2.35. The first-order valence-electron chi connectivity index (χ1n) is 7.03. The number of ether oxygens (including phenoxy) is 1. The summed E-state index contributed by atoms with van der Waals surface area (Å²) < 4.78 is 5.89. The fourth-order valence-corrected chi connectivity index (χ4v) is 2.53. The second kappa shape index (κ2) is 8.08. The number of nitrogens with one attached hydrogen (secondary N) is 1. The van der Waals surface area contributed by atoms with E-state index in [1.165, 1.54) is 38.5 Å². The minimum absolute atomic E-state index is 0.522. The van der Waals surface area contributed by atoms with Crippen molar-refractivity contribution in [1.29, 1.82) is 0 Å². The quantitative estimate of drug-likeness (QED) is 0.721. The summed E-state index contributed by atoms with van der Waals surface area (Å²) >= 11 is 0. The normalized spacial score (nSPS) is 21.9. The molecule has 1 aliphatic rings. The highest BCUT2D eigenvalue weighted by molar-refractivity contribution is 4.71. The molecule has 96 valence electrons. The minimum Gasteiger partial charge on any atom is -0.380 e. The van der Waals surface area contributed by atoms with Gasteiger partial charge in [-0.1, -0.05) is 39.5 Å². The lowest BCUT2D eigenvalue weighted by molar-refractivity contribution is 0.0602. The van der Waals surface area contributed by atoms with Crippen LogP contribution < -0.4 is 5.32 Å². The van der Waals surface area contributed by atoms with Gasteiger partial charge in [-0.05, 0) is 31.7 Å². The Bertz CT molecular complexity index is 166. The topological polar surface area (TPSA) is 21.3 Å². The van der Waals surface area contributed by atoms with Gasteiger partial charge in [-0.2, -0.15) is 0 Å². The highest BCUT2D eigenvalue weighted by Crippen LogP contribution is 2.23. The van der Waals surface area contributed by atoms with Gasteiger partial charge in [0.15, 0.2) is 0 Å². The smallest absolute Gasteiger partial charge is 0.0622 e. The molecule has 0 heterocycles. The summed E-state index contributed by atoms with van der Waals surface area (Å²) in [4.78, 5) is 0. The molecular weight excluding hydrogens is 198 g/mol. The van der Waals surface area contributed by atoms with Crippen molar-refractivity contribution in [3.63, 3.8) is 0 Å². The molecule has 2 atom stereocenters. The standard InChI is InChI=1S/C14H29NO/c1-4-12(2)14(15-3)11-16-10-13-8-6-5-7-9-13/h12-15H,4-11H2,1-3H3. The maximum atomic E-state index is 5.89. The van der Waals surface area contributed by atoms with Crippen LogP contribution in [0.15, 0.2) is 0 Å². The van der Waals surface area contributed by atoms with Crippen molar-refractivity contribution in [3.05, 3.63) is 0 Å². The molecule has 0 amide bonds. The molecule has 1 rings (SSSR count). The summed E-state index contributed by atoms with van der Waals surface area (Å²) in [5.41, 5.74) is 0. The zero-order valence-corrected chi connectivity index (χ0v) is 11.3. The van der Waals surface area contributed by atoms with E-state index in [9.17, 15) is 0 Å². The Morgan fingerprint density at radius 3 is 2.50 bits per heavy atom. The Balaban J connectivity index is 2.12. The van der Waals surface area contributed by atoms with Crippen molar-refractivity contribution in [1.82, 2.24) is 5.32 Å². The van der Waals surface area contributed by atoms with Crippen LogP contribution >= 0.6 is 0 Å². The molecule has 1 N–H and O–H groups in total. The van der Waals surface area contributed by atoms with E-state index in [1.807, 2.05) is 7.05 Å². The number of hydrogen-bond acceptors (Lipinski definition) is 2. The van der Waals surface area contributed by atoms with E-state index in [1.54, 1.807) is 0 Å². The molecule has 16 heavy (non-hydrogen) atoms. The van der Waals surface area contributed by atoms with Crippen LogP contribution in [0.4, 0.5) is 0 Å². The lowest BCUT2D eigenvalue weighted by atomic mass is 9.90. The first-order chi connectivity index (χ1) is 7.77. The van der Waals surface area contributed by atoms with Gasteiger partial charge in [0.25, 0.3) is 0 Å².